The normalized spacial score (nSPS) is 11.2. The lowest BCUT2D eigenvalue weighted by Crippen LogP contribution is -2.39. The SMILES string of the molecule is CCC(CC)N(CCO)CCOc1ccccc1. The number of hydrogen-bond acceptors (Lipinski definition) is 3. The molecule has 1 aromatic rings. The number of aliphatic hydroxyl groups excluding tert-OH is 1. The fourth-order valence-electron chi connectivity index (χ4n) is 2.21. The minimum absolute atomic E-state index is 0.210. The van der Waals surface area contributed by atoms with Crippen molar-refractivity contribution in [2.75, 3.05) is 26.3 Å². The van der Waals surface area contributed by atoms with Crippen LogP contribution in [0, 0.1) is 0 Å². The van der Waals surface area contributed by atoms with Gasteiger partial charge >= 0.3 is 0 Å². The number of hydrogen-bond donors (Lipinski definition) is 1. The zero-order valence-corrected chi connectivity index (χ0v) is 11.5. The monoisotopic (exact) mass is 251 g/mol. The van der Waals surface area contributed by atoms with Gasteiger partial charge in [0.1, 0.15) is 12.4 Å². The third-order valence-electron chi connectivity index (χ3n) is 3.24. The van der Waals surface area contributed by atoms with Crippen molar-refractivity contribution in [3.63, 3.8) is 0 Å². The van der Waals surface area contributed by atoms with Crippen molar-refractivity contribution in [3.05, 3.63) is 30.3 Å². The Labute approximate surface area is 110 Å². The van der Waals surface area contributed by atoms with Crippen molar-refractivity contribution >= 4 is 0 Å². The standard InChI is InChI=1S/C15H25NO2/c1-3-14(4-2)16(10-12-17)11-13-18-15-8-6-5-7-9-15/h5-9,14,17H,3-4,10-13H2,1-2H3. The van der Waals surface area contributed by atoms with Crippen LogP contribution in [0.25, 0.3) is 0 Å². The predicted octanol–water partition coefficient (Wildman–Crippen LogP) is 2.55. The van der Waals surface area contributed by atoms with Gasteiger partial charge in [-0.3, -0.25) is 4.90 Å². The lowest BCUT2D eigenvalue weighted by molar-refractivity contribution is 0.122. The highest BCUT2D eigenvalue weighted by Gasteiger charge is 2.14. The Kier molecular flexibility index (Phi) is 7.46. The van der Waals surface area contributed by atoms with Crippen LogP contribution >= 0.6 is 0 Å². The second-order valence-corrected chi connectivity index (χ2v) is 4.39. The molecule has 1 aromatic carbocycles. The van der Waals surface area contributed by atoms with E-state index in [4.69, 9.17) is 9.84 Å². The van der Waals surface area contributed by atoms with Gasteiger partial charge in [0.2, 0.25) is 0 Å². The lowest BCUT2D eigenvalue weighted by atomic mass is 10.1. The number of ether oxygens (including phenoxy) is 1. The first kappa shape index (κ1) is 15.0. The molecule has 0 amide bonds. The smallest absolute Gasteiger partial charge is 0.119 e. The summed E-state index contributed by atoms with van der Waals surface area (Å²) >= 11 is 0. The molecular formula is C15H25NO2. The first-order valence-corrected chi connectivity index (χ1v) is 6.84. The van der Waals surface area contributed by atoms with E-state index in [-0.39, 0.29) is 6.61 Å². The fraction of sp³-hybridized carbons (Fsp3) is 0.600. The molecule has 0 aliphatic heterocycles. The van der Waals surface area contributed by atoms with E-state index in [1.54, 1.807) is 0 Å². The second kappa shape index (κ2) is 8.95. The third-order valence-corrected chi connectivity index (χ3v) is 3.24. The minimum atomic E-state index is 0.210. The fourth-order valence-corrected chi connectivity index (χ4v) is 2.21. The van der Waals surface area contributed by atoms with Gasteiger partial charge in [0.25, 0.3) is 0 Å². The minimum Gasteiger partial charge on any atom is -0.492 e. The van der Waals surface area contributed by atoms with Crippen molar-refractivity contribution < 1.29 is 9.84 Å². The van der Waals surface area contributed by atoms with Crippen LogP contribution in [0.15, 0.2) is 30.3 Å². The summed E-state index contributed by atoms with van der Waals surface area (Å²) in [6, 6.07) is 10.4. The van der Waals surface area contributed by atoms with Crippen LogP contribution in [-0.2, 0) is 0 Å². The van der Waals surface area contributed by atoms with Crippen molar-refractivity contribution in [2.24, 2.45) is 0 Å². The molecule has 3 heteroatoms. The molecule has 3 nitrogen and oxygen atoms in total. The Hall–Kier alpha value is -1.06. The molecule has 102 valence electrons. The van der Waals surface area contributed by atoms with Gasteiger partial charge < -0.3 is 9.84 Å². The van der Waals surface area contributed by atoms with Gasteiger partial charge in [-0.05, 0) is 25.0 Å². The summed E-state index contributed by atoms with van der Waals surface area (Å²) in [6.07, 6.45) is 2.23. The van der Waals surface area contributed by atoms with Crippen LogP contribution in [0.1, 0.15) is 26.7 Å². The van der Waals surface area contributed by atoms with E-state index < -0.39 is 0 Å². The Morgan fingerprint density at radius 2 is 1.78 bits per heavy atom. The Bertz CT molecular complexity index is 299. The zero-order chi connectivity index (χ0) is 13.2. The highest BCUT2D eigenvalue weighted by Crippen LogP contribution is 2.10. The molecule has 0 aliphatic rings. The Morgan fingerprint density at radius 3 is 2.33 bits per heavy atom. The van der Waals surface area contributed by atoms with Gasteiger partial charge in [0.05, 0.1) is 6.61 Å². The second-order valence-electron chi connectivity index (χ2n) is 4.39. The molecule has 0 bridgehead atoms. The van der Waals surface area contributed by atoms with E-state index in [9.17, 15) is 0 Å². The molecule has 0 fully saturated rings. The van der Waals surface area contributed by atoms with Crippen LogP contribution in [0.4, 0.5) is 0 Å². The number of rotatable bonds is 9. The molecule has 0 heterocycles. The summed E-state index contributed by atoms with van der Waals surface area (Å²) in [5.41, 5.74) is 0. The average Bonchev–Trinajstić information content (AvgIpc) is 2.41. The van der Waals surface area contributed by atoms with Crippen molar-refractivity contribution in [1.82, 2.24) is 4.90 Å². The van der Waals surface area contributed by atoms with E-state index >= 15 is 0 Å². The third kappa shape index (κ3) is 5.07. The predicted molar refractivity (Wildman–Crippen MR) is 75.0 cm³/mol. The zero-order valence-electron chi connectivity index (χ0n) is 11.5. The summed E-state index contributed by atoms with van der Waals surface area (Å²) in [5, 5.41) is 9.11. The summed E-state index contributed by atoms with van der Waals surface area (Å²) in [5.74, 6) is 0.908. The largest absolute Gasteiger partial charge is 0.492 e. The van der Waals surface area contributed by atoms with Crippen molar-refractivity contribution in [1.29, 1.82) is 0 Å². The molecule has 18 heavy (non-hydrogen) atoms. The summed E-state index contributed by atoms with van der Waals surface area (Å²) in [7, 11) is 0. The first-order valence-electron chi connectivity index (χ1n) is 6.84. The lowest BCUT2D eigenvalue weighted by Gasteiger charge is -2.29. The average molecular weight is 251 g/mol. The quantitative estimate of drug-likeness (QED) is 0.732. The summed E-state index contributed by atoms with van der Waals surface area (Å²) in [6.45, 7) is 6.85. The number of aliphatic hydroxyl groups is 1. The Morgan fingerprint density at radius 1 is 1.11 bits per heavy atom. The number of nitrogens with zero attached hydrogens (tertiary/aromatic N) is 1. The van der Waals surface area contributed by atoms with Gasteiger partial charge in [0.15, 0.2) is 0 Å². The van der Waals surface area contributed by atoms with E-state index in [0.29, 0.717) is 12.6 Å². The van der Waals surface area contributed by atoms with Gasteiger partial charge in [-0.2, -0.15) is 0 Å². The first-order chi connectivity index (χ1) is 8.81. The van der Waals surface area contributed by atoms with E-state index in [2.05, 4.69) is 18.7 Å². The molecule has 1 rings (SSSR count). The van der Waals surface area contributed by atoms with Gasteiger partial charge in [-0.25, -0.2) is 0 Å². The van der Waals surface area contributed by atoms with Gasteiger partial charge in [0, 0.05) is 19.1 Å². The molecule has 0 radical (unpaired) electrons. The molecule has 0 aliphatic carbocycles. The van der Waals surface area contributed by atoms with Crippen LogP contribution in [0.2, 0.25) is 0 Å². The van der Waals surface area contributed by atoms with Gasteiger partial charge in [-0.1, -0.05) is 32.0 Å². The van der Waals surface area contributed by atoms with E-state index in [0.717, 1.165) is 31.7 Å². The van der Waals surface area contributed by atoms with Crippen LogP contribution < -0.4 is 4.74 Å². The number of benzene rings is 1. The van der Waals surface area contributed by atoms with E-state index in [1.807, 2.05) is 30.3 Å². The van der Waals surface area contributed by atoms with Crippen molar-refractivity contribution in [3.8, 4) is 5.75 Å². The molecule has 0 saturated carbocycles. The highest BCUT2D eigenvalue weighted by atomic mass is 16.5. The molecule has 0 atom stereocenters. The van der Waals surface area contributed by atoms with Crippen molar-refractivity contribution in [2.45, 2.75) is 32.7 Å². The van der Waals surface area contributed by atoms with Crippen LogP contribution in [0.3, 0.4) is 0 Å². The molecule has 1 N–H and O–H groups in total. The van der Waals surface area contributed by atoms with Crippen LogP contribution in [-0.4, -0.2) is 42.4 Å². The topological polar surface area (TPSA) is 32.7 Å². The highest BCUT2D eigenvalue weighted by molar-refractivity contribution is 5.20. The molecular weight excluding hydrogens is 226 g/mol. The maximum Gasteiger partial charge on any atom is 0.119 e. The van der Waals surface area contributed by atoms with E-state index in [1.165, 1.54) is 0 Å². The summed E-state index contributed by atoms with van der Waals surface area (Å²) in [4.78, 5) is 2.31. The molecule has 0 aromatic heterocycles. The maximum absolute atomic E-state index is 9.11. The molecule has 0 unspecified atom stereocenters. The maximum atomic E-state index is 9.11. The number of para-hydroxylation sites is 1. The molecule has 0 saturated heterocycles. The van der Waals surface area contributed by atoms with Crippen LogP contribution in [0.5, 0.6) is 5.75 Å². The van der Waals surface area contributed by atoms with Gasteiger partial charge in [-0.15, -0.1) is 0 Å². The Balaban J connectivity index is 2.37. The molecule has 0 spiro atoms. The summed E-state index contributed by atoms with van der Waals surface area (Å²) < 4.78 is 5.70.